The van der Waals surface area contributed by atoms with Gasteiger partial charge >= 0.3 is 12.4 Å². The third kappa shape index (κ3) is 2.95. The third-order valence-electron chi connectivity index (χ3n) is 5.90. The summed E-state index contributed by atoms with van der Waals surface area (Å²) in [5.41, 5.74) is 8.71. The molecule has 0 bridgehead atoms. The molecule has 4 rings (SSSR count). The second-order valence-corrected chi connectivity index (χ2v) is 7.31. The summed E-state index contributed by atoms with van der Waals surface area (Å²) in [6.45, 7) is 4.15. The number of halogens is 2. The predicted octanol–water partition coefficient (Wildman–Crippen LogP) is 5.17. The van der Waals surface area contributed by atoms with Gasteiger partial charge < -0.3 is 19.9 Å². The zero-order chi connectivity index (χ0) is 20.1. The standard InChI is InChI=1S/C21H21F2NO4/c1-3-20(4-2)11-14-9-12(5-7-15(14)18(20)26-19(24)25)13-6-8-16-17(10-13)28-21(22,23)27-16/h5-10,18H,3-4,11H2,1-2H3,(H2,24,25). The lowest BCUT2D eigenvalue weighted by Crippen LogP contribution is -2.30. The SMILES string of the molecule is CCC1(CC)Cc2cc(-c3ccc4c(c3)OC(F)(F)O4)ccc2C1OC(N)=O. The molecule has 2 aromatic carbocycles. The number of primary amides is 1. The van der Waals surface area contributed by atoms with E-state index in [9.17, 15) is 13.6 Å². The Bertz CT molecular complexity index is 940. The number of carbonyl (C=O) groups is 1. The van der Waals surface area contributed by atoms with Crippen LogP contribution < -0.4 is 15.2 Å². The Labute approximate surface area is 161 Å². The zero-order valence-corrected chi connectivity index (χ0v) is 15.6. The highest BCUT2D eigenvalue weighted by molar-refractivity contribution is 5.70. The maximum atomic E-state index is 13.3. The molecule has 2 aromatic rings. The van der Waals surface area contributed by atoms with E-state index in [1.807, 2.05) is 18.2 Å². The second kappa shape index (κ2) is 6.36. The largest absolute Gasteiger partial charge is 0.586 e. The van der Waals surface area contributed by atoms with Crippen LogP contribution in [-0.4, -0.2) is 12.4 Å². The first-order chi connectivity index (χ1) is 13.3. The lowest BCUT2D eigenvalue weighted by atomic mass is 9.77. The summed E-state index contributed by atoms with van der Waals surface area (Å²) >= 11 is 0. The van der Waals surface area contributed by atoms with Crippen molar-refractivity contribution in [3.8, 4) is 22.6 Å². The average Bonchev–Trinajstić information content (AvgIpc) is 3.13. The first-order valence-electron chi connectivity index (χ1n) is 9.26. The van der Waals surface area contributed by atoms with E-state index in [-0.39, 0.29) is 23.0 Å². The molecule has 0 radical (unpaired) electrons. The van der Waals surface area contributed by atoms with Crippen molar-refractivity contribution < 1.29 is 27.8 Å². The summed E-state index contributed by atoms with van der Waals surface area (Å²) in [7, 11) is 0. The molecule has 5 nitrogen and oxygen atoms in total. The van der Waals surface area contributed by atoms with E-state index in [0.29, 0.717) is 0 Å². The minimum atomic E-state index is -3.64. The molecule has 1 atom stereocenters. The second-order valence-electron chi connectivity index (χ2n) is 7.31. The number of amides is 1. The lowest BCUT2D eigenvalue weighted by molar-refractivity contribution is -0.286. The molecule has 0 fully saturated rings. The van der Waals surface area contributed by atoms with Gasteiger partial charge in [-0.25, -0.2) is 4.79 Å². The van der Waals surface area contributed by atoms with Crippen molar-refractivity contribution in [3.05, 3.63) is 47.5 Å². The molecule has 148 valence electrons. The van der Waals surface area contributed by atoms with Gasteiger partial charge in [0.2, 0.25) is 0 Å². The topological polar surface area (TPSA) is 70.8 Å². The van der Waals surface area contributed by atoms with Crippen molar-refractivity contribution in [1.82, 2.24) is 0 Å². The first-order valence-corrected chi connectivity index (χ1v) is 9.26. The van der Waals surface area contributed by atoms with Crippen molar-refractivity contribution in [2.75, 3.05) is 0 Å². The predicted molar refractivity (Wildman–Crippen MR) is 98.2 cm³/mol. The lowest BCUT2D eigenvalue weighted by Gasteiger charge is -2.32. The molecule has 2 aliphatic rings. The molecule has 1 aliphatic carbocycles. The quantitative estimate of drug-likeness (QED) is 0.783. The van der Waals surface area contributed by atoms with Crippen LogP contribution in [0.1, 0.15) is 43.9 Å². The summed E-state index contributed by atoms with van der Waals surface area (Å²) in [6.07, 6.45) is -2.39. The van der Waals surface area contributed by atoms with Crippen molar-refractivity contribution in [1.29, 1.82) is 0 Å². The summed E-state index contributed by atoms with van der Waals surface area (Å²) in [6, 6.07) is 10.5. The van der Waals surface area contributed by atoms with Crippen LogP contribution in [0.3, 0.4) is 0 Å². The molecule has 28 heavy (non-hydrogen) atoms. The van der Waals surface area contributed by atoms with E-state index < -0.39 is 12.4 Å². The smallest absolute Gasteiger partial charge is 0.441 e. The Balaban J connectivity index is 1.71. The van der Waals surface area contributed by atoms with Gasteiger partial charge in [-0.15, -0.1) is 8.78 Å². The van der Waals surface area contributed by atoms with Crippen LogP contribution in [-0.2, 0) is 11.2 Å². The molecule has 1 amide bonds. The van der Waals surface area contributed by atoms with E-state index in [2.05, 4.69) is 23.3 Å². The average molecular weight is 389 g/mol. The minimum absolute atomic E-state index is 0.00870. The minimum Gasteiger partial charge on any atom is -0.441 e. The third-order valence-corrected chi connectivity index (χ3v) is 5.90. The Morgan fingerprint density at radius 3 is 2.43 bits per heavy atom. The molecule has 1 unspecified atom stereocenters. The monoisotopic (exact) mass is 389 g/mol. The van der Waals surface area contributed by atoms with E-state index >= 15 is 0 Å². The Morgan fingerprint density at radius 2 is 1.75 bits per heavy atom. The summed E-state index contributed by atoms with van der Waals surface area (Å²) in [4.78, 5) is 11.4. The molecule has 1 aliphatic heterocycles. The van der Waals surface area contributed by atoms with E-state index in [1.165, 1.54) is 12.1 Å². The Kier molecular flexibility index (Phi) is 4.21. The Morgan fingerprint density at radius 1 is 1.11 bits per heavy atom. The fraction of sp³-hybridized carbons (Fsp3) is 0.381. The van der Waals surface area contributed by atoms with Crippen LogP contribution >= 0.6 is 0 Å². The van der Waals surface area contributed by atoms with Gasteiger partial charge in [-0.2, -0.15) is 0 Å². The number of carbonyl (C=O) groups excluding carboxylic acids is 1. The normalized spacial score (nSPS) is 20.6. The van der Waals surface area contributed by atoms with E-state index in [0.717, 1.165) is 41.5 Å². The number of hydrogen-bond donors (Lipinski definition) is 1. The highest BCUT2D eigenvalue weighted by Crippen LogP contribution is 2.53. The van der Waals surface area contributed by atoms with Crippen LogP contribution in [0.4, 0.5) is 13.6 Å². The van der Waals surface area contributed by atoms with Gasteiger partial charge in [-0.3, -0.25) is 0 Å². The molecule has 2 N–H and O–H groups in total. The van der Waals surface area contributed by atoms with Gasteiger partial charge in [-0.05, 0) is 53.6 Å². The zero-order valence-electron chi connectivity index (χ0n) is 15.6. The van der Waals surface area contributed by atoms with Gasteiger partial charge in [-0.1, -0.05) is 38.1 Å². The maximum absolute atomic E-state index is 13.3. The number of benzene rings is 2. The number of rotatable bonds is 4. The molecular weight excluding hydrogens is 368 g/mol. The van der Waals surface area contributed by atoms with Crippen LogP contribution in [0.2, 0.25) is 0 Å². The number of hydrogen-bond acceptors (Lipinski definition) is 4. The number of ether oxygens (including phenoxy) is 3. The Hall–Kier alpha value is -2.83. The highest BCUT2D eigenvalue weighted by Gasteiger charge is 2.46. The molecular formula is C21H21F2NO4. The summed E-state index contributed by atoms with van der Waals surface area (Å²) in [5.74, 6) is 0.0233. The van der Waals surface area contributed by atoms with Crippen molar-refractivity contribution >= 4 is 6.09 Å². The summed E-state index contributed by atoms with van der Waals surface area (Å²) < 4.78 is 41.0. The van der Waals surface area contributed by atoms with Gasteiger partial charge in [0.25, 0.3) is 0 Å². The van der Waals surface area contributed by atoms with E-state index in [1.54, 1.807) is 6.07 Å². The van der Waals surface area contributed by atoms with Gasteiger partial charge in [0.15, 0.2) is 11.5 Å². The van der Waals surface area contributed by atoms with Crippen LogP contribution in [0, 0.1) is 5.41 Å². The highest BCUT2D eigenvalue weighted by atomic mass is 19.3. The van der Waals surface area contributed by atoms with Gasteiger partial charge in [0.05, 0.1) is 0 Å². The fourth-order valence-electron chi connectivity index (χ4n) is 4.30. The molecule has 0 saturated heterocycles. The van der Waals surface area contributed by atoms with Crippen molar-refractivity contribution in [3.63, 3.8) is 0 Å². The first kappa shape index (κ1) is 18.5. The van der Waals surface area contributed by atoms with Gasteiger partial charge in [0, 0.05) is 5.41 Å². The molecule has 0 spiro atoms. The maximum Gasteiger partial charge on any atom is 0.586 e. The van der Waals surface area contributed by atoms with Gasteiger partial charge in [0.1, 0.15) is 6.10 Å². The molecule has 0 saturated carbocycles. The number of nitrogens with two attached hydrogens (primary N) is 1. The summed E-state index contributed by atoms with van der Waals surface area (Å²) in [5, 5.41) is 0. The molecule has 1 heterocycles. The van der Waals surface area contributed by atoms with Crippen molar-refractivity contribution in [2.45, 2.75) is 45.5 Å². The van der Waals surface area contributed by atoms with E-state index in [4.69, 9.17) is 10.5 Å². The fourth-order valence-corrected chi connectivity index (χ4v) is 4.30. The van der Waals surface area contributed by atoms with Crippen LogP contribution in [0.5, 0.6) is 11.5 Å². The van der Waals surface area contributed by atoms with Crippen molar-refractivity contribution in [2.24, 2.45) is 11.1 Å². The van der Waals surface area contributed by atoms with Crippen LogP contribution in [0.25, 0.3) is 11.1 Å². The number of alkyl halides is 2. The molecule has 7 heteroatoms. The van der Waals surface area contributed by atoms with Crippen LogP contribution in [0.15, 0.2) is 36.4 Å². The molecule has 0 aromatic heterocycles. The number of fused-ring (bicyclic) bond motifs is 2.